The zero-order chi connectivity index (χ0) is 13.3. The predicted molar refractivity (Wildman–Crippen MR) is 81.0 cm³/mol. The van der Waals surface area contributed by atoms with Gasteiger partial charge in [0.15, 0.2) is 0 Å². The molecule has 0 radical (unpaired) electrons. The van der Waals surface area contributed by atoms with Crippen molar-refractivity contribution in [3.05, 3.63) is 65.7 Å². The van der Waals surface area contributed by atoms with Gasteiger partial charge in [0.1, 0.15) is 5.75 Å². The van der Waals surface area contributed by atoms with Crippen LogP contribution in [0, 0.1) is 0 Å². The minimum absolute atomic E-state index is 0.665. The molecule has 98 valence electrons. The van der Waals surface area contributed by atoms with Gasteiger partial charge in [0, 0.05) is 0 Å². The van der Waals surface area contributed by atoms with Gasteiger partial charge in [0.05, 0.1) is 6.61 Å². The summed E-state index contributed by atoms with van der Waals surface area (Å²) in [5.41, 5.74) is 7.78. The van der Waals surface area contributed by atoms with E-state index in [2.05, 4.69) is 36.4 Å². The highest BCUT2D eigenvalue weighted by Crippen LogP contribution is 2.14. The van der Waals surface area contributed by atoms with Crippen LogP contribution in [0.25, 0.3) is 12.2 Å². The Morgan fingerprint density at radius 2 is 1.47 bits per heavy atom. The molecule has 0 aliphatic carbocycles. The minimum atomic E-state index is 0.665. The van der Waals surface area contributed by atoms with Crippen molar-refractivity contribution in [3.63, 3.8) is 0 Å². The molecule has 2 aromatic carbocycles. The Morgan fingerprint density at radius 1 is 0.842 bits per heavy atom. The third-order valence-electron chi connectivity index (χ3n) is 2.77. The van der Waals surface area contributed by atoms with Gasteiger partial charge in [0.25, 0.3) is 0 Å². The number of nitrogens with two attached hydrogens (primary N) is 1. The molecule has 0 bridgehead atoms. The Bertz CT molecular complexity index is 503. The molecule has 0 amide bonds. The topological polar surface area (TPSA) is 35.2 Å². The molecule has 0 atom stereocenters. The second kappa shape index (κ2) is 7.39. The van der Waals surface area contributed by atoms with Crippen LogP contribution in [0.2, 0.25) is 0 Å². The molecular formula is C17H19NO. The molecule has 2 nitrogen and oxygen atoms in total. The van der Waals surface area contributed by atoms with E-state index in [1.807, 2.05) is 30.3 Å². The second-order valence-electron chi connectivity index (χ2n) is 4.30. The van der Waals surface area contributed by atoms with Gasteiger partial charge in [-0.3, -0.25) is 0 Å². The van der Waals surface area contributed by atoms with E-state index >= 15 is 0 Å². The largest absolute Gasteiger partial charge is 0.494 e. The van der Waals surface area contributed by atoms with Gasteiger partial charge in [-0.15, -0.1) is 0 Å². The zero-order valence-corrected chi connectivity index (χ0v) is 11.0. The van der Waals surface area contributed by atoms with Crippen LogP contribution >= 0.6 is 0 Å². The minimum Gasteiger partial charge on any atom is -0.494 e. The molecule has 19 heavy (non-hydrogen) atoms. The Hall–Kier alpha value is -2.06. The van der Waals surface area contributed by atoms with Crippen molar-refractivity contribution in [2.45, 2.75) is 6.42 Å². The normalized spacial score (nSPS) is 10.8. The lowest BCUT2D eigenvalue weighted by atomic mass is 10.1. The Kier molecular flexibility index (Phi) is 5.20. The van der Waals surface area contributed by atoms with Gasteiger partial charge in [-0.1, -0.05) is 54.6 Å². The van der Waals surface area contributed by atoms with Crippen LogP contribution in [0.15, 0.2) is 54.6 Å². The summed E-state index contributed by atoms with van der Waals surface area (Å²) in [6.07, 6.45) is 5.08. The zero-order valence-electron chi connectivity index (χ0n) is 11.0. The Labute approximate surface area is 114 Å². The van der Waals surface area contributed by atoms with Gasteiger partial charge < -0.3 is 10.5 Å². The van der Waals surface area contributed by atoms with Crippen molar-refractivity contribution in [2.75, 3.05) is 13.2 Å². The third-order valence-corrected chi connectivity index (χ3v) is 2.77. The van der Waals surface area contributed by atoms with Crippen molar-refractivity contribution in [1.29, 1.82) is 0 Å². The quantitative estimate of drug-likeness (QED) is 0.631. The summed E-state index contributed by atoms with van der Waals surface area (Å²) < 4.78 is 5.56. The van der Waals surface area contributed by atoms with Gasteiger partial charge >= 0.3 is 0 Å². The van der Waals surface area contributed by atoms with Gasteiger partial charge in [-0.25, -0.2) is 0 Å². The molecule has 0 saturated carbocycles. The van der Waals surface area contributed by atoms with E-state index in [0.29, 0.717) is 13.2 Å². The fourth-order valence-corrected chi connectivity index (χ4v) is 1.71. The highest BCUT2D eigenvalue weighted by atomic mass is 16.5. The molecule has 0 saturated heterocycles. The molecule has 0 unspecified atom stereocenters. The summed E-state index contributed by atoms with van der Waals surface area (Å²) >= 11 is 0. The predicted octanol–water partition coefficient (Wildman–Crippen LogP) is 3.58. The van der Waals surface area contributed by atoms with Crippen molar-refractivity contribution < 1.29 is 4.74 Å². The fraction of sp³-hybridized carbons (Fsp3) is 0.176. The Morgan fingerprint density at radius 3 is 2.11 bits per heavy atom. The highest BCUT2D eigenvalue weighted by Gasteiger charge is 1.93. The van der Waals surface area contributed by atoms with Crippen LogP contribution in [0.4, 0.5) is 0 Å². The lowest BCUT2D eigenvalue weighted by molar-refractivity contribution is 0.313. The van der Waals surface area contributed by atoms with E-state index < -0.39 is 0 Å². The lowest BCUT2D eigenvalue weighted by Gasteiger charge is -2.05. The van der Waals surface area contributed by atoms with E-state index in [-0.39, 0.29) is 0 Å². The van der Waals surface area contributed by atoms with Gasteiger partial charge in [-0.2, -0.15) is 0 Å². The van der Waals surface area contributed by atoms with Crippen LogP contribution < -0.4 is 10.5 Å². The van der Waals surface area contributed by atoms with Gasteiger partial charge in [0.2, 0.25) is 0 Å². The number of ether oxygens (including phenoxy) is 1. The van der Waals surface area contributed by atoms with Crippen LogP contribution in [0.3, 0.4) is 0 Å². The highest BCUT2D eigenvalue weighted by molar-refractivity contribution is 5.69. The van der Waals surface area contributed by atoms with Crippen LogP contribution in [-0.4, -0.2) is 13.2 Å². The molecule has 0 heterocycles. The van der Waals surface area contributed by atoms with E-state index in [0.717, 1.165) is 17.7 Å². The van der Waals surface area contributed by atoms with E-state index in [4.69, 9.17) is 10.5 Å². The molecule has 0 aliphatic rings. The average Bonchev–Trinajstić information content (AvgIpc) is 2.48. The monoisotopic (exact) mass is 253 g/mol. The molecule has 0 fully saturated rings. The standard InChI is InChI=1S/C17H19NO/c18-13-4-14-19-17-11-9-16(10-12-17)8-7-15-5-2-1-3-6-15/h1-3,5-12H,4,13-14,18H2/b8-7+. The molecular weight excluding hydrogens is 234 g/mol. The molecule has 2 N–H and O–H groups in total. The first-order chi connectivity index (χ1) is 9.38. The van der Waals surface area contributed by atoms with E-state index in [9.17, 15) is 0 Å². The van der Waals surface area contributed by atoms with Crippen molar-refractivity contribution >= 4 is 12.2 Å². The second-order valence-corrected chi connectivity index (χ2v) is 4.30. The maximum absolute atomic E-state index is 5.56. The maximum atomic E-state index is 5.56. The summed E-state index contributed by atoms with van der Waals surface area (Å²) in [5, 5.41) is 0. The number of benzene rings is 2. The molecule has 0 aliphatic heterocycles. The number of rotatable bonds is 6. The SMILES string of the molecule is NCCCOc1ccc(/C=C/c2ccccc2)cc1. The van der Waals surface area contributed by atoms with E-state index in [1.54, 1.807) is 0 Å². The first-order valence-electron chi connectivity index (χ1n) is 6.54. The van der Waals surface area contributed by atoms with Crippen molar-refractivity contribution in [1.82, 2.24) is 0 Å². The summed E-state index contributed by atoms with van der Waals surface area (Å²) in [7, 11) is 0. The molecule has 2 aromatic rings. The van der Waals surface area contributed by atoms with E-state index in [1.165, 1.54) is 5.56 Å². The van der Waals surface area contributed by atoms with Gasteiger partial charge in [-0.05, 0) is 36.2 Å². The van der Waals surface area contributed by atoms with Crippen molar-refractivity contribution in [2.24, 2.45) is 5.73 Å². The van der Waals surface area contributed by atoms with Crippen molar-refractivity contribution in [3.8, 4) is 5.75 Å². The maximum Gasteiger partial charge on any atom is 0.119 e. The average molecular weight is 253 g/mol. The first-order valence-corrected chi connectivity index (χ1v) is 6.54. The molecule has 0 aromatic heterocycles. The molecule has 2 heteroatoms. The summed E-state index contributed by atoms with van der Waals surface area (Å²) in [6, 6.07) is 18.3. The Balaban J connectivity index is 1.93. The lowest BCUT2D eigenvalue weighted by Crippen LogP contribution is -2.05. The molecule has 0 spiro atoms. The fourth-order valence-electron chi connectivity index (χ4n) is 1.71. The number of hydrogen-bond donors (Lipinski definition) is 1. The smallest absolute Gasteiger partial charge is 0.119 e. The van der Waals surface area contributed by atoms with Crippen LogP contribution in [-0.2, 0) is 0 Å². The summed E-state index contributed by atoms with van der Waals surface area (Å²) in [4.78, 5) is 0. The molecule has 2 rings (SSSR count). The number of hydrogen-bond acceptors (Lipinski definition) is 2. The summed E-state index contributed by atoms with van der Waals surface area (Å²) in [6.45, 7) is 1.34. The first kappa shape index (κ1) is 13.4. The van der Waals surface area contributed by atoms with Crippen LogP contribution in [0.1, 0.15) is 17.5 Å². The van der Waals surface area contributed by atoms with Crippen LogP contribution in [0.5, 0.6) is 5.75 Å². The summed E-state index contributed by atoms with van der Waals surface area (Å²) in [5.74, 6) is 0.894. The third kappa shape index (κ3) is 4.60.